The van der Waals surface area contributed by atoms with Gasteiger partial charge in [-0.2, -0.15) is 0 Å². The van der Waals surface area contributed by atoms with Crippen molar-refractivity contribution in [2.75, 3.05) is 104 Å². The van der Waals surface area contributed by atoms with Gasteiger partial charge in [-0.15, -0.1) is 0 Å². The second-order valence-electron chi connectivity index (χ2n) is 9.63. The van der Waals surface area contributed by atoms with Gasteiger partial charge in [-0.25, -0.2) is 9.59 Å². The van der Waals surface area contributed by atoms with E-state index in [9.17, 15) is 28.8 Å². The smallest absolute Gasteiger partial charge is 0.413 e. The minimum atomic E-state index is -0.701. The Hall–Kier alpha value is -3.70. The van der Waals surface area contributed by atoms with E-state index in [2.05, 4.69) is 0 Å². The SMILES string of the molecule is CCC(=O)N(C)CCC(=O)N(C)COC.CCC(=O)N(C)COC.CCC(=O)N(C)COC(=O)N(C)COC(=O)N(C)COC. The average molecular weight is 653 g/mol. The van der Waals surface area contributed by atoms with Gasteiger partial charge in [0.05, 0.1) is 0 Å². The monoisotopic (exact) mass is 652 g/mol. The van der Waals surface area contributed by atoms with Gasteiger partial charge in [-0.3, -0.25) is 29.0 Å². The number of rotatable bonds is 16. The molecule has 0 radical (unpaired) electrons. The molecule has 0 aromatic carbocycles. The van der Waals surface area contributed by atoms with Crippen molar-refractivity contribution in [3.05, 3.63) is 0 Å². The lowest BCUT2D eigenvalue weighted by Crippen LogP contribution is -2.37. The minimum Gasteiger partial charge on any atom is -0.428 e. The maximum Gasteiger partial charge on any atom is 0.413 e. The van der Waals surface area contributed by atoms with E-state index in [0.29, 0.717) is 39.0 Å². The maximum absolute atomic E-state index is 11.6. The Bertz CT molecular complexity index is 878. The molecule has 0 aromatic heterocycles. The minimum absolute atomic E-state index is 0.0207. The Balaban J connectivity index is -0.000000639. The third-order valence-electron chi connectivity index (χ3n) is 5.63. The van der Waals surface area contributed by atoms with Gasteiger partial charge < -0.3 is 43.3 Å². The molecule has 0 saturated carbocycles. The fourth-order valence-corrected chi connectivity index (χ4v) is 2.82. The molecular weight excluding hydrogens is 596 g/mol. The number of hydrogen-bond donors (Lipinski definition) is 0. The van der Waals surface area contributed by atoms with E-state index >= 15 is 0 Å². The average Bonchev–Trinajstić information content (AvgIpc) is 3.03. The van der Waals surface area contributed by atoms with Crippen LogP contribution < -0.4 is 0 Å². The van der Waals surface area contributed by atoms with Gasteiger partial charge in [0.2, 0.25) is 23.6 Å². The van der Waals surface area contributed by atoms with Crippen molar-refractivity contribution < 1.29 is 52.5 Å². The highest BCUT2D eigenvalue weighted by molar-refractivity contribution is 5.78. The molecule has 0 aromatic rings. The molecule has 0 heterocycles. The van der Waals surface area contributed by atoms with E-state index in [1.807, 2.05) is 6.92 Å². The maximum atomic E-state index is 11.6. The summed E-state index contributed by atoms with van der Waals surface area (Å²) in [6, 6.07) is 0. The lowest BCUT2D eigenvalue weighted by Gasteiger charge is -2.22. The summed E-state index contributed by atoms with van der Waals surface area (Å²) in [6.45, 7) is 6.12. The molecule has 0 bridgehead atoms. The number of nitrogens with zero attached hydrogens (tertiary/aromatic N) is 6. The number of amides is 6. The fourth-order valence-electron chi connectivity index (χ4n) is 2.82. The molecule has 0 spiro atoms. The van der Waals surface area contributed by atoms with Crippen molar-refractivity contribution in [3.8, 4) is 0 Å². The Morgan fingerprint density at radius 1 is 0.422 bits per heavy atom. The number of carbonyl (C=O) groups is 6. The van der Waals surface area contributed by atoms with Gasteiger partial charge in [0.25, 0.3) is 0 Å². The lowest BCUT2D eigenvalue weighted by atomic mass is 10.3. The summed E-state index contributed by atoms with van der Waals surface area (Å²) in [5.41, 5.74) is 0. The molecular formula is C28H56N6O11. The van der Waals surface area contributed by atoms with Crippen LogP contribution in [0.25, 0.3) is 0 Å². The molecule has 264 valence electrons. The van der Waals surface area contributed by atoms with Gasteiger partial charge >= 0.3 is 12.2 Å². The largest absolute Gasteiger partial charge is 0.428 e. The molecule has 0 aliphatic rings. The molecule has 17 nitrogen and oxygen atoms in total. The molecule has 0 saturated heterocycles. The van der Waals surface area contributed by atoms with Gasteiger partial charge in [0.1, 0.15) is 20.2 Å². The Labute approximate surface area is 268 Å². The van der Waals surface area contributed by atoms with Gasteiger partial charge in [-0.05, 0) is 0 Å². The topological polar surface area (TPSA) is 168 Å². The first-order valence-corrected chi connectivity index (χ1v) is 14.3. The molecule has 0 unspecified atom stereocenters. The number of carbonyl (C=O) groups excluding carboxylic acids is 6. The molecule has 17 heteroatoms. The normalized spacial score (nSPS) is 9.69. The molecule has 0 N–H and O–H groups in total. The van der Waals surface area contributed by atoms with Crippen molar-refractivity contribution in [1.29, 1.82) is 0 Å². The van der Waals surface area contributed by atoms with E-state index in [0.717, 1.165) is 4.90 Å². The first-order valence-electron chi connectivity index (χ1n) is 14.3. The predicted molar refractivity (Wildman–Crippen MR) is 165 cm³/mol. The summed E-state index contributed by atoms with van der Waals surface area (Å²) >= 11 is 0. The van der Waals surface area contributed by atoms with E-state index in [1.54, 1.807) is 51.9 Å². The van der Waals surface area contributed by atoms with Gasteiger partial charge in [-0.1, -0.05) is 20.8 Å². The number of ether oxygens (including phenoxy) is 5. The van der Waals surface area contributed by atoms with Crippen LogP contribution in [0.2, 0.25) is 0 Å². The van der Waals surface area contributed by atoms with Crippen molar-refractivity contribution >= 4 is 35.8 Å². The molecule has 0 rings (SSSR count). The quantitative estimate of drug-likeness (QED) is 0.220. The zero-order chi connectivity index (χ0) is 35.5. The Kier molecular flexibility index (Phi) is 28.3. The van der Waals surface area contributed by atoms with Crippen molar-refractivity contribution in [2.45, 2.75) is 46.5 Å². The van der Waals surface area contributed by atoms with Crippen LogP contribution in [0.15, 0.2) is 0 Å². The van der Waals surface area contributed by atoms with Crippen molar-refractivity contribution in [2.24, 2.45) is 0 Å². The van der Waals surface area contributed by atoms with E-state index in [4.69, 9.17) is 23.7 Å². The van der Waals surface area contributed by atoms with Crippen molar-refractivity contribution in [3.63, 3.8) is 0 Å². The highest BCUT2D eigenvalue weighted by Gasteiger charge is 2.16. The van der Waals surface area contributed by atoms with Crippen molar-refractivity contribution in [1.82, 2.24) is 29.4 Å². The highest BCUT2D eigenvalue weighted by Crippen LogP contribution is 1.98. The summed E-state index contributed by atoms with van der Waals surface area (Å²) in [7, 11) is 14.1. The Morgan fingerprint density at radius 3 is 1.09 bits per heavy atom. The molecule has 45 heavy (non-hydrogen) atoms. The van der Waals surface area contributed by atoms with E-state index in [-0.39, 0.29) is 50.6 Å². The summed E-state index contributed by atoms with van der Waals surface area (Å²) in [6.07, 6.45) is 0.344. The van der Waals surface area contributed by atoms with Crippen LogP contribution >= 0.6 is 0 Å². The summed E-state index contributed by atoms with van der Waals surface area (Å²) in [4.78, 5) is 75.9. The zero-order valence-electron chi connectivity index (χ0n) is 29.2. The lowest BCUT2D eigenvalue weighted by molar-refractivity contribution is -0.136. The first-order chi connectivity index (χ1) is 21.1. The number of methoxy groups -OCH3 is 3. The van der Waals surface area contributed by atoms with Crippen LogP contribution in [0, 0.1) is 0 Å². The molecule has 0 fully saturated rings. The second kappa shape index (κ2) is 27.8. The zero-order valence-corrected chi connectivity index (χ0v) is 29.2. The fraction of sp³-hybridized carbons (Fsp3) is 0.786. The summed E-state index contributed by atoms with van der Waals surface area (Å²) < 4.78 is 24.1. The van der Waals surface area contributed by atoms with Crippen LogP contribution in [-0.4, -0.2) is 169 Å². The summed E-state index contributed by atoms with van der Waals surface area (Å²) in [5, 5.41) is 0. The van der Waals surface area contributed by atoms with Crippen LogP contribution in [0.5, 0.6) is 0 Å². The van der Waals surface area contributed by atoms with E-state index < -0.39 is 12.2 Å². The molecule has 0 aliphatic heterocycles. The molecule has 0 aliphatic carbocycles. The molecule has 6 amide bonds. The van der Waals surface area contributed by atoms with Crippen LogP contribution in [0.4, 0.5) is 9.59 Å². The second-order valence-corrected chi connectivity index (χ2v) is 9.63. The summed E-state index contributed by atoms with van der Waals surface area (Å²) in [5.74, 6) is -0.000260. The van der Waals surface area contributed by atoms with Crippen LogP contribution in [0.1, 0.15) is 46.5 Å². The Morgan fingerprint density at radius 2 is 0.711 bits per heavy atom. The van der Waals surface area contributed by atoms with Crippen LogP contribution in [-0.2, 0) is 42.9 Å². The molecule has 0 atom stereocenters. The first kappa shape index (κ1) is 45.7. The third kappa shape index (κ3) is 23.4. The standard InChI is InChI=1S/C12H23N3O6.C10H20N2O3.C6H13NO2/c1-6-10(16)13(2)8-20-12(18)15(4)9-21-11(17)14(3)7-19-5;1-5-9(13)11(2)7-6-10(14)12(3)8-15-4;1-4-6(8)7(2)5-9-3/h6-9H2,1-5H3;5-8H2,1-4H3;4-5H2,1-3H3. The van der Waals surface area contributed by atoms with Gasteiger partial charge in [0, 0.05) is 95.8 Å². The third-order valence-corrected chi connectivity index (χ3v) is 5.63. The number of hydrogen-bond acceptors (Lipinski definition) is 11. The van der Waals surface area contributed by atoms with Gasteiger partial charge in [0.15, 0.2) is 13.5 Å². The van der Waals surface area contributed by atoms with E-state index in [1.165, 1.54) is 50.1 Å². The predicted octanol–water partition coefficient (Wildman–Crippen LogP) is 1.28. The highest BCUT2D eigenvalue weighted by atomic mass is 16.6. The van der Waals surface area contributed by atoms with Crippen LogP contribution in [0.3, 0.4) is 0 Å².